The van der Waals surface area contributed by atoms with Crippen LogP contribution >= 0.6 is 11.6 Å². The molecule has 4 unspecified atom stereocenters. The molecule has 3 aromatic rings. The Morgan fingerprint density at radius 3 is 2.61 bits per heavy atom. The quantitative estimate of drug-likeness (QED) is 0.566. The zero-order valence-corrected chi connectivity index (χ0v) is 17.3. The molecule has 2 aromatic carbocycles. The first-order chi connectivity index (χ1) is 15.0. The molecule has 9 heteroatoms. The topological polar surface area (TPSA) is 100 Å². The molecule has 3 saturated heterocycles. The lowest BCUT2D eigenvalue weighted by molar-refractivity contribution is 0.00706. The summed E-state index contributed by atoms with van der Waals surface area (Å²) in [5.74, 6) is 0. The molecule has 0 bridgehead atoms. The van der Waals surface area contributed by atoms with E-state index in [0.29, 0.717) is 30.7 Å². The predicted molar refractivity (Wildman–Crippen MR) is 115 cm³/mol. The average Bonchev–Trinajstić information content (AvgIpc) is 3.42. The maximum absolute atomic E-state index is 9.89. The summed E-state index contributed by atoms with van der Waals surface area (Å²) < 4.78 is 17.2. The van der Waals surface area contributed by atoms with Gasteiger partial charge in [-0.1, -0.05) is 23.7 Å². The number of benzene rings is 2. The van der Waals surface area contributed by atoms with Gasteiger partial charge in [0, 0.05) is 24.3 Å². The number of halogens is 1. The van der Waals surface area contributed by atoms with Crippen molar-refractivity contribution in [2.45, 2.75) is 30.5 Å². The van der Waals surface area contributed by atoms with Crippen molar-refractivity contribution in [1.29, 1.82) is 0 Å². The second kappa shape index (κ2) is 7.36. The van der Waals surface area contributed by atoms with Crippen molar-refractivity contribution in [3.05, 3.63) is 41.4 Å². The first kappa shape index (κ1) is 19.3. The van der Waals surface area contributed by atoms with E-state index in [4.69, 9.17) is 25.8 Å². The fourth-order valence-electron chi connectivity index (χ4n) is 4.49. The van der Waals surface area contributed by atoms with Gasteiger partial charge in [0.15, 0.2) is 6.10 Å². The van der Waals surface area contributed by atoms with E-state index in [-0.39, 0.29) is 31.0 Å². The van der Waals surface area contributed by atoms with Gasteiger partial charge in [0.2, 0.25) is 0 Å². The summed E-state index contributed by atoms with van der Waals surface area (Å²) in [7, 11) is 0. The predicted octanol–water partition coefficient (Wildman–Crippen LogP) is 1.97. The van der Waals surface area contributed by atoms with Gasteiger partial charge in [0.1, 0.15) is 18.3 Å². The van der Waals surface area contributed by atoms with E-state index in [0.717, 1.165) is 27.8 Å². The van der Waals surface area contributed by atoms with E-state index in [1.165, 1.54) is 0 Å². The molecule has 31 heavy (non-hydrogen) atoms. The highest BCUT2D eigenvalue weighted by atomic mass is 35.5. The number of hydrogen-bond donors (Lipinski definition) is 3. The van der Waals surface area contributed by atoms with Crippen molar-refractivity contribution in [1.82, 2.24) is 9.97 Å². The van der Waals surface area contributed by atoms with E-state index in [1.807, 2.05) is 36.4 Å². The van der Waals surface area contributed by atoms with Crippen LogP contribution < -0.4 is 9.64 Å². The lowest BCUT2D eigenvalue weighted by Crippen LogP contribution is -2.50. The second-order valence-corrected chi connectivity index (χ2v) is 8.72. The molecule has 6 rings (SSSR count). The van der Waals surface area contributed by atoms with Gasteiger partial charge >= 0.3 is 0 Å². The van der Waals surface area contributed by atoms with Crippen molar-refractivity contribution >= 4 is 28.3 Å². The second-order valence-electron chi connectivity index (χ2n) is 8.32. The monoisotopic (exact) mass is 443 g/mol. The molecule has 3 fully saturated rings. The zero-order valence-electron chi connectivity index (χ0n) is 16.6. The summed E-state index contributed by atoms with van der Waals surface area (Å²) in [5.41, 5.74) is 4.47. The number of nitrogens with zero attached hydrogens (tertiary/aromatic N) is 2. The van der Waals surface area contributed by atoms with Gasteiger partial charge < -0.3 is 34.3 Å². The number of aromatic nitrogens is 2. The van der Waals surface area contributed by atoms with Gasteiger partial charge in [-0.05, 0) is 29.8 Å². The molecule has 3 aliphatic rings. The Balaban J connectivity index is 1.23. The van der Waals surface area contributed by atoms with Crippen LogP contribution in [0, 0.1) is 0 Å². The molecule has 4 atom stereocenters. The molecule has 0 aliphatic carbocycles. The summed E-state index contributed by atoms with van der Waals surface area (Å²) in [6.45, 7) is 1.93. The molecule has 0 radical (unpaired) electrons. The Kier molecular flexibility index (Phi) is 4.59. The highest BCUT2D eigenvalue weighted by Crippen LogP contribution is 2.35. The molecule has 3 N–H and O–H groups in total. The number of rotatable bonds is 4. The van der Waals surface area contributed by atoms with Crippen LogP contribution in [-0.2, 0) is 9.47 Å². The van der Waals surface area contributed by atoms with Crippen LogP contribution in [0.4, 0.5) is 5.69 Å². The van der Waals surface area contributed by atoms with Gasteiger partial charge in [-0.25, -0.2) is 0 Å². The molecular formula is C22H22ClN3O5. The first-order valence-corrected chi connectivity index (χ1v) is 10.7. The molecule has 4 heterocycles. The highest BCUT2D eigenvalue weighted by Gasteiger charge is 2.48. The van der Waals surface area contributed by atoms with E-state index in [1.54, 1.807) is 0 Å². The largest absolute Gasteiger partial charge is 0.456 e. The minimum absolute atomic E-state index is 0.236. The summed E-state index contributed by atoms with van der Waals surface area (Å²) in [6.07, 6.45) is -1.83. The number of aliphatic hydroxyl groups excluding tert-OH is 2. The number of nitrogens with one attached hydrogen (secondary N) is 1. The third kappa shape index (κ3) is 3.35. The van der Waals surface area contributed by atoms with E-state index in [2.05, 4.69) is 14.9 Å². The molecule has 1 aromatic heterocycles. The van der Waals surface area contributed by atoms with Crippen LogP contribution in [-0.4, -0.2) is 77.0 Å². The number of fused-ring (bicyclic) bond motifs is 2. The number of imidazole rings is 1. The standard InChI is InChI=1S/C22H22ClN3O5/c23-15-6-17-16(5-14(15)11-1-3-12(4-2-11)26-7-13(27)8-26)24-22(25-17)31-19-10-30-20-18(28)9-29-21(19)20/h1-6,13,18-21,27-28H,7-10H2,(H,24,25). The van der Waals surface area contributed by atoms with Crippen molar-refractivity contribution in [3.8, 4) is 17.1 Å². The summed E-state index contributed by atoms with van der Waals surface area (Å²) in [6, 6.07) is 12.3. The lowest BCUT2D eigenvalue weighted by Gasteiger charge is -2.37. The van der Waals surface area contributed by atoms with Crippen molar-refractivity contribution in [3.63, 3.8) is 0 Å². The number of ether oxygens (including phenoxy) is 3. The number of aliphatic hydroxyl groups is 2. The zero-order chi connectivity index (χ0) is 21.1. The van der Waals surface area contributed by atoms with Gasteiger partial charge in [-0.3, -0.25) is 0 Å². The fourth-order valence-corrected chi connectivity index (χ4v) is 4.76. The minimum atomic E-state index is -0.617. The molecule has 162 valence electrons. The van der Waals surface area contributed by atoms with Gasteiger partial charge in [0.25, 0.3) is 6.01 Å². The average molecular weight is 444 g/mol. The summed E-state index contributed by atoms with van der Waals surface area (Å²) >= 11 is 6.57. The molecule has 0 saturated carbocycles. The molecule has 0 spiro atoms. The number of hydrogen-bond acceptors (Lipinski definition) is 7. The third-order valence-electron chi connectivity index (χ3n) is 6.20. The SMILES string of the molecule is OC1CN(c2ccc(-c3cc4nc(OC5COC6C(O)COC56)[nH]c4cc3Cl)cc2)C1. The van der Waals surface area contributed by atoms with Gasteiger partial charge in [-0.2, -0.15) is 4.98 Å². The Morgan fingerprint density at radius 2 is 1.84 bits per heavy atom. The van der Waals surface area contributed by atoms with E-state index in [9.17, 15) is 10.2 Å². The van der Waals surface area contributed by atoms with Crippen LogP contribution in [0.1, 0.15) is 0 Å². The number of aromatic amines is 1. The molecular weight excluding hydrogens is 422 g/mol. The summed E-state index contributed by atoms with van der Waals surface area (Å²) in [5, 5.41) is 20.0. The molecule has 3 aliphatic heterocycles. The highest BCUT2D eigenvalue weighted by molar-refractivity contribution is 6.34. The van der Waals surface area contributed by atoms with Crippen LogP contribution in [0.3, 0.4) is 0 Å². The van der Waals surface area contributed by atoms with E-state index >= 15 is 0 Å². The first-order valence-electron chi connectivity index (χ1n) is 10.4. The van der Waals surface area contributed by atoms with Crippen molar-refractivity contribution in [2.24, 2.45) is 0 Å². The normalized spacial score (nSPS) is 28.2. The third-order valence-corrected chi connectivity index (χ3v) is 6.51. The maximum Gasteiger partial charge on any atom is 0.295 e. The Morgan fingerprint density at radius 1 is 1.06 bits per heavy atom. The van der Waals surface area contributed by atoms with Crippen LogP contribution in [0.2, 0.25) is 5.02 Å². The lowest BCUT2D eigenvalue weighted by atomic mass is 10.0. The van der Waals surface area contributed by atoms with Crippen LogP contribution in [0.25, 0.3) is 22.2 Å². The Bertz CT molecular complexity index is 1110. The smallest absolute Gasteiger partial charge is 0.295 e. The number of H-pyrrole nitrogens is 1. The summed E-state index contributed by atoms with van der Waals surface area (Å²) in [4.78, 5) is 9.85. The Hall–Kier alpha value is -2.36. The number of anilines is 1. The van der Waals surface area contributed by atoms with Crippen LogP contribution in [0.15, 0.2) is 36.4 Å². The van der Waals surface area contributed by atoms with E-state index < -0.39 is 6.10 Å². The van der Waals surface area contributed by atoms with Gasteiger partial charge in [0.05, 0.1) is 35.4 Å². The minimum Gasteiger partial charge on any atom is -0.456 e. The number of β-amino-alcohol motifs (C(OH)–C–C–N with tert-alkyl or cyclic N) is 1. The van der Waals surface area contributed by atoms with Crippen LogP contribution in [0.5, 0.6) is 6.01 Å². The molecule has 0 amide bonds. The fraction of sp³-hybridized carbons (Fsp3) is 0.409. The van der Waals surface area contributed by atoms with Gasteiger partial charge in [-0.15, -0.1) is 0 Å². The maximum atomic E-state index is 9.89. The molecule has 8 nitrogen and oxygen atoms in total. The van der Waals surface area contributed by atoms with Crippen molar-refractivity contribution < 1.29 is 24.4 Å². The van der Waals surface area contributed by atoms with Crippen molar-refractivity contribution in [2.75, 3.05) is 31.2 Å². The Labute approximate surface area is 183 Å².